The van der Waals surface area contributed by atoms with Crippen molar-refractivity contribution in [3.8, 4) is 0 Å². The van der Waals surface area contributed by atoms with Crippen molar-refractivity contribution in [1.29, 1.82) is 0 Å². The number of carbonyl (C=O) groups is 1. The maximum atomic E-state index is 12.7. The summed E-state index contributed by atoms with van der Waals surface area (Å²) in [4.78, 5) is 27.3. The van der Waals surface area contributed by atoms with Crippen LogP contribution in [0.2, 0.25) is 0 Å². The average Bonchev–Trinajstić information content (AvgIpc) is 2.67. The number of hydrogen-bond donors (Lipinski definition) is 3. The summed E-state index contributed by atoms with van der Waals surface area (Å²) in [5.41, 5.74) is 0.543. The Morgan fingerprint density at radius 2 is 1.84 bits per heavy atom. The summed E-state index contributed by atoms with van der Waals surface area (Å²) in [6, 6.07) is 2.28. The number of aryl methyl sites for hydroxylation is 1. The summed E-state index contributed by atoms with van der Waals surface area (Å²) >= 11 is 0. The SMILES string of the molecule is Cc1nc(N[C@H]2C[C@H](Nc3ccc(C(F)(F)F)cn3)C2)nc2c1NC(=O)[C@H](C(C)C)N2C. The van der Waals surface area contributed by atoms with E-state index in [2.05, 4.69) is 30.9 Å². The fourth-order valence-corrected chi connectivity index (χ4v) is 4.17. The highest BCUT2D eigenvalue weighted by molar-refractivity contribution is 6.03. The molecule has 0 bridgehead atoms. The molecule has 8 nitrogen and oxygen atoms in total. The minimum atomic E-state index is -4.39. The first kappa shape index (κ1) is 22.1. The van der Waals surface area contributed by atoms with Crippen LogP contribution in [0, 0.1) is 12.8 Å². The Morgan fingerprint density at radius 3 is 2.44 bits per heavy atom. The summed E-state index contributed by atoms with van der Waals surface area (Å²) in [6.07, 6.45) is -2.05. The number of hydrogen-bond acceptors (Lipinski definition) is 7. The second-order valence-electron chi connectivity index (χ2n) is 8.70. The molecular weight excluding hydrogens is 423 g/mol. The lowest BCUT2D eigenvalue weighted by molar-refractivity contribution is -0.137. The summed E-state index contributed by atoms with van der Waals surface area (Å²) in [5.74, 6) is 1.65. The lowest BCUT2D eigenvalue weighted by Crippen LogP contribution is -2.50. The molecule has 3 heterocycles. The van der Waals surface area contributed by atoms with Gasteiger partial charge in [0.25, 0.3) is 0 Å². The van der Waals surface area contributed by atoms with E-state index in [9.17, 15) is 18.0 Å². The lowest BCUT2D eigenvalue weighted by atomic mass is 9.87. The molecule has 2 aromatic rings. The minimum Gasteiger partial charge on any atom is -0.367 e. The van der Waals surface area contributed by atoms with Crippen LogP contribution in [0.5, 0.6) is 0 Å². The molecule has 1 fully saturated rings. The van der Waals surface area contributed by atoms with Gasteiger partial charge in [-0.25, -0.2) is 9.97 Å². The summed E-state index contributed by atoms with van der Waals surface area (Å²) in [5, 5.41) is 9.39. The van der Waals surface area contributed by atoms with Crippen molar-refractivity contribution >= 4 is 29.2 Å². The molecular formula is C21H26F3N7O. The van der Waals surface area contributed by atoms with Gasteiger partial charge >= 0.3 is 6.18 Å². The molecule has 1 aliphatic heterocycles. The van der Waals surface area contributed by atoms with Crippen molar-refractivity contribution < 1.29 is 18.0 Å². The number of anilines is 4. The molecule has 0 radical (unpaired) electrons. The number of likely N-dealkylation sites (N-methyl/N-ethyl adjacent to an activating group) is 1. The van der Waals surface area contributed by atoms with E-state index in [0.29, 0.717) is 29.0 Å². The summed E-state index contributed by atoms with van der Waals surface area (Å²) in [7, 11) is 1.86. The van der Waals surface area contributed by atoms with Gasteiger partial charge in [-0.15, -0.1) is 0 Å². The number of nitrogens with one attached hydrogen (secondary N) is 3. The van der Waals surface area contributed by atoms with Crippen LogP contribution >= 0.6 is 0 Å². The van der Waals surface area contributed by atoms with E-state index in [4.69, 9.17) is 0 Å². The topological polar surface area (TPSA) is 95.1 Å². The number of amides is 1. The molecule has 1 saturated carbocycles. The Balaban J connectivity index is 1.37. The third kappa shape index (κ3) is 4.28. The number of halogens is 3. The van der Waals surface area contributed by atoms with Crippen molar-refractivity contribution in [2.75, 3.05) is 27.9 Å². The molecule has 172 valence electrons. The third-order valence-corrected chi connectivity index (χ3v) is 5.88. The molecule has 0 unspecified atom stereocenters. The Kier molecular flexibility index (Phi) is 5.59. The Hall–Kier alpha value is -3.11. The van der Waals surface area contributed by atoms with Crippen LogP contribution in [-0.2, 0) is 11.0 Å². The van der Waals surface area contributed by atoms with Crippen LogP contribution < -0.4 is 20.9 Å². The van der Waals surface area contributed by atoms with Gasteiger partial charge in [-0.2, -0.15) is 18.2 Å². The molecule has 1 aliphatic carbocycles. The van der Waals surface area contributed by atoms with E-state index < -0.39 is 11.7 Å². The second-order valence-corrected chi connectivity index (χ2v) is 8.70. The molecule has 2 aromatic heterocycles. The number of fused-ring (bicyclic) bond motifs is 1. The molecule has 1 atom stereocenters. The lowest BCUT2D eigenvalue weighted by Gasteiger charge is -2.38. The second kappa shape index (κ2) is 8.10. The zero-order valence-electron chi connectivity index (χ0n) is 18.3. The maximum Gasteiger partial charge on any atom is 0.417 e. The highest BCUT2D eigenvalue weighted by Gasteiger charge is 2.36. The number of nitrogens with zero attached hydrogens (tertiary/aromatic N) is 4. The molecule has 11 heteroatoms. The number of pyridine rings is 1. The van der Waals surface area contributed by atoms with Gasteiger partial charge < -0.3 is 20.9 Å². The van der Waals surface area contributed by atoms with E-state index in [1.807, 2.05) is 32.7 Å². The van der Waals surface area contributed by atoms with Crippen LogP contribution in [-0.4, -0.2) is 46.0 Å². The van der Waals surface area contributed by atoms with Gasteiger partial charge in [0.05, 0.1) is 11.3 Å². The highest BCUT2D eigenvalue weighted by atomic mass is 19.4. The van der Waals surface area contributed by atoms with E-state index in [1.54, 1.807) is 0 Å². The van der Waals surface area contributed by atoms with Crippen LogP contribution in [0.25, 0.3) is 0 Å². The monoisotopic (exact) mass is 449 g/mol. The van der Waals surface area contributed by atoms with E-state index >= 15 is 0 Å². The third-order valence-electron chi connectivity index (χ3n) is 5.88. The van der Waals surface area contributed by atoms with Crippen LogP contribution in [0.4, 0.5) is 36.4 Å². The molecule has 2 aliphatic rings. The normalized spacial score (nSPS) is 22.8. The van der Waals surface area contributed by atoms with Crippen molar-refractivity contribution in [1.82, 2.24) is 15.0 Å². The van der Waals surface area contributed by atoms with Gasteiger partial charge in [-0.1, -0.05) is 13.8 Å². The van der Waals surface area contributed by atoms with Gasteiger partial charge in [0.1, 0.15) is 17.5 Å². The van der Waals surface area contributed by atoms with Crippen molar-refractivity contribution in [2.24, 2.45) is 5.92 Å². The molecule has 32 heavy (non-hydrogen) atoms. The maximum absolute atomic E-state index is 12.7. The smallest absolute Gasteiger partial charge is 0.367 e. The predicted molar refractivity (Wildman–Crippen MR) is 116 cm³/mol. The molecule has 0 saturated heterocycles. The van der Waals surface area contributed by atoms with Crippen molar-refractivity contribution in [3.05, 3.63) is 29.6 Å². The Labute approximate surface area is 184 Å². The van der Waals surface area contributed by atoms with E-state index in [-0.39, 0.29) is 30.0 Å². The van der Waals surface area contributed by atoms with Crippen LogP contribution in [0.15, 0.2) is 18.3 Å². The fraction of sp³-hybridized carbons (Fsp3) is 0.524. The number of alkyl halides is 3. The van der Waals surface area contributed by atoms with Gasteiger partial charge in [0, 0.05) is 25.3 Å². The summed E-state index contributed by atoms with van der Waals surface area (Å²) < 4.78 is 38.0. The first-order chi connectivity index (χ1) is 15.0. The zero-order chi connectivity index (χ0) is 23.2. The minimum absolute atomic E-state index is 0.0628. The molecule has 0 aromatic carbocycles. The predicted octanol–water partition coefficient (Wildman–Crippen LogP) is 3.67. The Bertz CT molecular complexity index is 1000. The van der Waals surface area contributed by atoms with Crippen molar-refractivity contribution in [2.45, 2.75) is 57.9 Å². The number of carbonyl (C=O) groups excluding carboxylic acids is 1. The molecule has 1 amide bonds. The molecule has 4 rings (SSSR count). The van der Waals surface area contributed by atoms with Gasteiger partial charge in [0.2, 0.25) is 11.9 Å². The molecule has 0 spiro atoms. The van der Waals surface area contributed by atoms with E-state index in [0.717, 1.165) is 25.1 Å². The quantitative estimate of drug-likeness (QED) is 0.641. The fourth-order valence-electron chi connectivity index (χ4n) is 4.17. The first-order valence-corrected chi connectivity index (χ1v) is 10.5. The average molecular weight is 449 g/mol. The van der Waals surface area contributed by atoms with Crippen LogP contribution in [0.3, 0.4) is 0 Å². The number of aromatic nitrogens is 3. The number of rotatable bonds is 5. The van der Waals surface area contributed by atoms with Gasteiger partial charge in [0.15, 0.2) is 5.82 Å². The van der Waals surface area contributed by atoms with Gasteiger partial charge in [-0.3, -0.25) is 4.79 Å². The largest absolute Gasteiger partial charge is 0.417 e. The zero-order valence-corrected chi connectivity index (χ0v) is 18.3. The summed E-state index contributed by atoms with van der Waals surface area (Å²) in [6.45, 7) is 5.81. The first-order valence-electron chi connectivity index (χ1n) is 10.5. The Morgan fingerprint density at radius 1 is 1.16 bits per heavy atom. The van der Waals surface area contributed by atoms with Crippen molar-refractivity contribution in [3.63, 3.8) is 0 Å². The standard InChI is InChI=1S/C21H26F3N7O/c1-10(2)17-19(32)29-16-11(3)26-20(30-18(16)31(17)4)28-14-7-13(8-14)27-15-6-5-12(9-25-15)21(22,23)24/h5-6,9-10,13-14,17H,7-8H2,1-4H3,(H,25,27)(H,29,32)(H,26,28,30)/t13-,14-,17-/m0/s1. The van der Waals surface area contributed by atoms with Crippen LogP contribution in [0.1, 0.15) is 37.9 Å². The molecule has 3 N–H and O–H groups in total. The van der Waals surface area contributed by atoms with Gasteiger partial charge in [-0.05, 0) is 37.8 Å². The highest BCUT2D eigenvalue weighted by Crippen LogP contribution is 2.35. The van der Waals surface area contributed by atoms with E-state index in [1.165, 1.54) is 6.07 Å².